The first-order valence-corrected chi connectivity index (χ1v) is 5.88. The van der Waals surface area contributed by atoms with Gasteiger partial charge in [-0.25, -0.2) is 0 Å². The highest BCUT2D eigenvalue weighted by Crippen LogP contribution is 2.26. The molecule has 0 radical (unpaired) electrons. The molecular weight excluding hydrogens is 228 g/mol. The van der Waals surface area contributed by atoms with Gasteiger partial charge >= 0.3 is 0 Å². The second kappa shape index (κ2) is 4.55. The zero-order valence-corrected chi connectivity index (χ0v) is 10.2. The Morgan fingerprint density at radius 1 is 1.75 bits per heavy atom. The Labute approximate surface area is 99.5 Å². The first-order valence-electron chi connectivity index (χ1n) is 5.50. The van der Waals surface area contributed by atoms with Gasteiger partial charge in [-0.1, -0.05) is 11.6 Å². The van der Waals surface area contributed by atoms with Gasteiger partial charge in [-0.3, -0.25) is 9.48 Å². The molecular formula is C11H15ClN2O2. The number of nitrogens with zero attached hydrogens (tertiary/aromatic N) is 2. The van der Waals surface area contributed by atoms with Crippen molar-refractivity contribution in [3.8, 4) is 0 Å². The molecule has 1 aromatic heterocycles. The summed E-state index contributed by atoms with van der Waals surface area (Å²) in [6.07, 6.45) is 2.45. The van der Waals surface area contributed by atoms with Gasteiger partial charge < -0.3 is 4.74 Å². The minimum absolute atomic E-state index is 0.0497. The molecule has 0 aromatic carbocycles. The number of halogens is 1. The summed E-state index contributed by atoms with van der Waals surface area (Å²) in [5, 5.41) is 4.51. The van der Waals surface area contributed by atoms with Gasteiger partial charge in [0.1, 0.15) is 5.69 Å². The van der Waals surface area contributed by atoms with Crippen LogP contribution in [-0.2, 0) is 11.3 Å². The van der Waals surface area contributed by atoms with E-state index in [1.807, 2.05) is 13.8 Å². The number of carbonyl (C=O) groups excluding carboxylic acids is 1. The standard InChI is InChI=1S/C11H15ClN2O2/c1-3-14-10(9(12)5-13-14)11(15)8-4-7(2)16-6-8/h5,7-8H,3-4,6H2,1-2H3. The minimum atomic E-state index is -0.0745. The number of hydrogen-bond acceptors (Lipinski definition) is 3. The number of aryl methyl sites for hydroxylation is 1. The Hall–Kier alpha value is -0.870. The summed E-state index contributed by atoms with van der Waals surface area (Å²) in [4.78, 5) is 12.2. The molecule has 0 amide bonds. The van der Waals surface area contributed by atoms with Crippen molar-refractivity contribution in [3.63, 3.8) is 0 Å². The quantitative estimate of drug-likeness (QED) is 0.763. The van der Waals surface area contributed by atoms with Gasteiger partial charge in [0.15, 0.2) is 5.78 Å². The lowest BCUT2D eigenvalue weighted by molar-refractivity contribution is 0.0867. The molecule has 4 nitrogen and oxygen atoms in total. The molecule has 1 fully saturated rings. The lowest BCUT2D eigenvalue weighted by Crippen LogP contribution is -2.19. The van der Waals surface area contributed by atoms with Gasteiger partial charge in [0, 0.05) is 12.5 Å². The van der Waals surface area contributed by atoms with Crippen LogP contribution in [0.2, 0.25) is 5.02 Å². The number of rotatable bonds is 3. The molecule has 2 rings (SSSR count). The van der Waals surface area contributed by atoms with E-state index < -0.39 is 0 Å². The third-order valence-corrected chi connectivity index (χ3v) is 3.17. The summed E-state index contributed by atoms with van der Waals surface area (Å²) in [6.45, 7) is 5.06. The van der Waals surface area contributed by atoms with Crippen molar-refractivity contribution in [2.75, 3.05) is 6.61 Å². The van der Waals surface area contributed by atoms with Crippen LogP contribution in [0.25, 0.3) is 0 Å². The maximum Gasteiger partial charge on any atom is 0.187 e. The van der Waals surface area contributed by atoms with Gasteiger partial charge in [-0.15, -0.1) is 0 Å². The van der Waals surface area contributed by atoms with E-state index >= 15 is 0 Å². The van der Waals surface area contributed by atoms with E-state index in [1.165, 1.54) is 6.20 Å². The third kappa shape index (κ3) is 1.99. The number of ketones is 1. The molecule has 88 valence electrons. The molecule has 0 spiro atoms. The zero-order chi connectivity index (χ0) is 11.7. The van der Waals surface area contributed by atoms with E-state index in [0.29, 0.717) is 23.9 Å². The SMILES string of the molecule is CCn1ncc(Cl)c1C(=O)C1COC(C)C1. The van der Waals surface area contributed by atoms with Crippen LogP contribution in [0.3, 0.4) is 0 Å². The summed E-state index contributed by atoms with van der Waals surface area (Å²) >= 11 is 5.99. The smallest absolute Gasteiger partial charge is 0.187 e. The number of aromatic nitrogens is 2. The van der Waals surface area contributed by atoms with Crippen LogP contribution >= 0.6 is 11.6 Å². The first kappa shape index (κ1) is 11.6. The van der Waals surface area contributed by atoms with Crippen molar-refractivity contribution >= 4 is 17.4 Å². The van der Waals surface area contributed by atoms with E-state index in [0.717, 1.165) is 6.42 Å². The first-order chi connectivity index (χ1) is 7.63. The lowest BCUT2D eigenvalue weighted by atomic mass is 9.99. The predicted molar refractivity (Wildman–Crippen MR) is 60.8 cm³/mol. The van der Waals surface area contributed by atoms with Crippen LogP contribution in [0.15, 0.2) is 6.20 Å². The molecule has 16 heavy (non-hydrogen) atoms. The summed E-state index contributed by atoms with van der Waals surface area (Å²) in [6, 6.07) is 0. The van der Waals surface area contributed by atoms with Gasteiger partial charge in [-0.05, 0) is 20.3 Å². The van der Waals surface area contributed by atoms with Crippen molar-refractivity contribution in [1.29, 1.82) is 0 Å². The zero-order valence-electron chi connectivity index (χ0n) is 9.44. The molecule has 2 atom stereocenters. The molecule has 0 aliphatic carbocycles. The van der Waals surface area contributed by atoms with Crippen molar-refractivity contribution in [1.82, 2.24) is 9.78 Å². The summed E-state index contributed by atoms with van der Waals surface area (Å²) < 4.78 is 7.05. The van der Waals surface area contributed by atoms with Crippen LogP contribution in [-0.4, -0.2) is 28.3 Å². The van der Waals surface area contributed by atoms with Crippen LogP contribution in [0.5, 0.6) is 0 Å². The summed E-state index contributed by atoms with van der Waals surface area (Å²) in [7, 11) is 0. The van der Waals surface area contributed by atoms with Crippen molar-refractivity contribution in [2.24, 2.45) is 5.92 Å². The van der Waals surface area contributed by atoms with Crippen molar-refractivity contribution in [3.05, 3.63) is 16.9 Å². The van der Waals surface area contributed by atoms with Gasteiger partial charge in [0.25, 0.3) is 0 Å². The van der Waals surface area contributed by atoms with Gasteiger partial charge in [0.2, 0.25) is 0 Å². The highest BCUT2D eigenvalue weighted by atomic mass is 35.5. The highest BCUT2D eigenvalue weighted by Gasteiger charge is 2.31. The molecule has 2 unspecified atom stereocenters. The van der Waals surface area contributed by atoms with E-state index in [4.69, 9.17) is 16.3 Å². The lowest BCUT2D eigenvalue weighted by Gasteiger charge is -2.08. The maximum atomic E-state index is 12.2. The van der Waals surface area contributed by atoms with Crippen LogP contribution in [0, 0.1) is 5.92 Å². The highest BCUT2D eigenvalue weighted by molar-refractivity contribution is 6.33. The van der Waals surface area contributed by atoms with E-state index in [9.17, 15) is 4.79 Å². The fraction of sp³-hybridized carbons (Fsp3) is 0.636. The van der Waals surface area contributed by atoms with Crippen LogP contribution in [0.1, 0.15) is 30.8 Å². The fourth-order valence-corrected chi connectivity index (χ4v) is 2.27. The summed E-state index contributed by atoms with van der Waals surface area (Å²) in [5.74, 6) is -0.0248. The van der Waals surface area contributed by atoms with E-state index in [2.05, 4.69) is 5.10 Å². The fourth-order valence-electron chi connectivity index (χ4n) is 2.04. The average Bonchev–Trinajstić information content (AvgIpc) is 2.83. The Morgan fingerprint density at radius 2 is 2.50 bits per heavy atom. The van der Waals surface area contributed by atoms with Gasteiger partial charge in [-0.2, -0.15) is 5.10 Å². The monoisotopic (exact) mass is 242 g/mol. The third-order valence-electron chi connectivity index (χ3n) is 2.90. The largest absolute Gasteiger partial charge is 0.378 e. The van der Waals surface area contributed by atoms with Crippen LogP contribution < -0.4 is 0 Å². The van der Waals surface area contributed by atoms with E-state index in [1.54, 1.807) is 4.68 Å². The molecule has 5 heteroatoms. The molecule has 1 aliphatic rings. The second-order valence-electron chi connectivity index (χ2n) is 4.10. The molecule has 0 saturated carbocycles. The second-order valence-corrected chi connectivity index (χ2v) is 4.50. The Morgan fingerprint density at radius 3 is 3.06 bits per heavy atom. The minimum Gasteiger partial charge on any atom is -0.378 e. The van der Waals surface area contributed by atoms with Gasteiger partial charge in [0.05, 0.1) is 23.9 Å². The van der Waals surface area contributed by atoms with Crippen LogP contribution in [0.4, 0.5) is 0 Å². The normalized spacial score (nSPS) is 24.9. The van der Waals surface area contributed by atoms with E-state index in [-0.39, 0.29) is 17.8 Å². The number of ether oxygens (including phenoxy) is 1. The molecule has 0 N–H and O–H groups in total. The number of hydrogen-bond donors (Lipinski definition) is 0. The average molecular weight is 243 g/mol. The Bertz CT molecular complexity index is 403. The topological polar surface area (TPSA) is 44.1 Å². The maximum absolute atomic E-state index is 12.2. The molecule has 1 aliphatic heterocycles. The van der Waals surface area contributed by atoms with Crippen molar-refractivity contribution < 1.29 is 9.53 Å². The summed E-state index contributed by atoms with van der Waals surface area (Å²) in [5.41, 5.74) is 0.520. The molecule has 1 saturated heterocycles. The Kier molecular flexibility index (Phi) is 3.30. The number of carbonyl (C=O) groups is 1. The Balaban J connectivity index is 2.23. The van der Waals surface area contributed by atoms with Crippen molar-refractivity contribution in [2.45, 2.75) is 32.9 Å². The molecule has 2 heterocycles. The number of Topliss-reactive ketones (excluding diaryl/α,β-unsaturated/α-hetero) is 1. The molecule has 0 bridgehead atoms. The molecule has 1 aromatic rings. The predicted octanol–water partition coefficient (Wildman–Crippen LogP) is 2.16.